The third-order valence-electron chi connectivity index (χ3n) is 3.70. The van der Waals surface area contributed by atoms with Gasteiger partial charge < -0.3 is 19.6 Å². The smallest absolute Gasteiger partial charge is 0.302 e. The SMILES string of the molecule is COc1ccccc1OCC(=O)N=Nc1c(O)[nH]c2c(C)cc(Br)cc12. The van der Waals surface area contributed by atoms with E-state index in [0.717, 1.165) is 15.6 Å². The highest BCUT2D eigenvalue weighted by molar-refractivity contribution is 9.10. The number of H-pyrrole nitrogens is 1. The first kappa shape index (κ1) is 17.9. The van der Waals surface area contributed by atoms with E-state index in [2.05, 4.69) is 31.1 Å². The lowest BCUT2D eigenvalue weighted by Gasteiger charge is -2.07. The first-order valence-corrected chi connectivity index (χ1v) is 8.50. The number of methoxy groups -OCH3 is 1. The van der Waals surface area contributed by atoms with Crippen LogP contribution in [0.5, 0.6) is 17.4 Å². The lowest BCUT2D eigenvalue weighted by Crippen LogP contribution is -2.08. The lowest BCUT2D eigenvalue weighted by atomic mass is 10.1. The second-order valence-corrected chi connectivity index (χ2v) is 6.42. The first-order chi connectivity index (χ1) is 12.5. The number of halogens is 1. The van der Waals surface area contributed by atoms with Crippen LogP contribution in [0.4, 0.5) is 5.69 Å². The van der Waals surface area contributed by atoms with Crippen molar-refractivity contribution in [2.45, 2.75) is 6.92 Å². The third-order valence-corrected chi connectivity index (χ3v) is 4.16. The Bertz CT molecular complexity index is 998. The quantitative estimate of drug-likeness (QED) is 0.590. The Kier molecular flexibility index (Phi) is 5.22. The number of aromatic nitrogens is 1. The molecule has 3 rings (SSSR count). The van der Waals surface area contributed by atoms with Crippen LogP contribution in [0.2, 0.25) is 0 Å². The van der Waals surface area contributed by atoms with Gasteiger partial charge in [-0.3, -0.25) is 4.79 Å². The number of hydrogen-bond donors (Lipinski definition) is 2. The second-order valence-electron chi connectivity index (χ2n) is 5.50. The van der Waals surface area contributed by atoms with Gasteiger partial charge in [0.1, 0.15) is 0 Å². The average Bonchev–Trinajstić information content (AvgIpc) is 2.94. The highest BCUT2D eigenvalue weighted by Crippen LogP contribution is 2.38. The molecule has 0 saturated heterocycles. The van der Waals surface area contributed by atoms with Crippen molar-refractivity contribution in [3.05, 3.63) is 46.4 Å². The number of benzene rings is 2. The molecule has 1 heterocycles. The van der Waals surface area contributed by atoms with E-state index in [1.165, 1.54) is 7.11 Å². The average molecular weight is 418 g/mol. The number of rotatable bonds is 5. The number of aromatic hydroxyl groups is 1. The van der Waals surface area contributed by atoms with E-state index < -0.39 is 5.91 Å². The maximum atomic E-state index is 12.0. The number of amides is 1. The molecule has 0 aliphatic heterocycles. The molecule has 3 aromatic rings. The molecule has 1 amide bonds. The van der Waals surface area contributed by atoms with Crippen LogP contribution in [0, 0.1) is 6.92 Å². The minimum Gasteiger partial charge on any atom is -0.493 e. The van der Waals surface area contributed by atoms with Crippen LogP contribution in [0.1, 0.15) is 5.56 Å². The molecule has 0 fully saturated rings. The number of aromatic amines is 1. The largest absolute Gasteiger partial charge is 0.493 e. The molecule has 8 heteroatoms. The van der Waals surface area contributed by atoms with Crippen molar-refractivity contribution in [2.24, 2.45) is 10.2 Å². The Morgan fingerprint density at radius 3 is 2.73 bits per heavy atom. The number of nitrogens with zero attached hydrogens (tertiary/aromatic N) is 2. The summed E-state index contributed by atoms with van der Waals surface area (Å²) >= 11 is 3.40. The van der Waals surface area contributed by atoms with Crippen LogP contribution >= 0.6 is 15.9 Å². The molecular weight excluding hydrogens is 402 g/mol. The zero-order chi connectivity index (χ0) is 18.7. The Morgan fingerprint density at radius 1 is 1.27 bits per heavy atom. The van der Waals surface area contributed by atoms with Crippen molar-refractivity contribution in [1.82, 2.24) is 4.98 Å². The molecule has 0 atom stereocenters. The van der Waals surface area contributed by atoms with Crippen LogP contribution in [0.15, 0.2) is 51.1 Å². The molecule has 2 aromatic carbocycles. The van der Waals surface area contributed by atoms with E-state index in [0.29, 0.717) is 16.9 Å². The van der Waals surface area contributed by atoms with Gasteiger partial charge in [-0.2, -0.15) is 0 Å². The van der Waals surface area contributed by atoms with Gasteiger partial charge in [0.15, 0.2) is 23.8 Å². The van der Waals surface area contributed by atoms with Gasteiger partial charge in [-0.25, -0.2) is 0 Å². The molecule has 1 aromatic heterocycles. The lowest BCUT2D eigenvalue weighted by molar-refractivity contribution is -0.120. The predicted molar refractivity (Wildman–Crippen MR) is 100 cm³/mol. The van der Waals surface area contributed by atoms with Gasteiger partial charge in [0.05, 0.1) is 12.6 Å². The van der Waals surface area contributed by atoms with Crippen molar-refractivity contribution >= 4 is 38.4 Å². The topological polar surface area (TPSA) is 96.3 Å². The minimum atomic E-state index is -0.587. The molecule has 0 aliphatic rings. The summed E-state index contributed by atoms with van der Waals surface area (Å²) in [5.74, 6) is 0.222. The summed E-state index contributed by atoms with van der Waals surface area (Å²) in [6.07, 6.45) is 0. The van der Waals surface area contributed by atoms with Crippen LogP contribution in [0.25, 0.3) is 10.9 Å². The Labute approximate surface area is 157 Å². The number of nitrogens with one attached hydrogen (secondary N) is 1. The fourth-order valence-corrected chi connectivity index (χ4v) is 3.09. The predicted octanol–water partition coefficient (Wildman–Crippen LogP) is 4.64. The van der Waals surface area contributed by atoms with Gasteiger partial charge in [-0.05, 0) is 36.8 Å². The van der Waals surface area contributed by atoms with Crippen LogP contribution in [-0.4, -0.2) is 29.7 Å². The number of fused-ring (bicyclic) bond motifs is 1. The highest BCUT2D eigenvalue weighted by Gasteiger charge is 2.14. The fraction of sp³-hybridized carbons (Fsp3) is 0.167. The summed E-state index contributed by atoms with van der Waals surface area (Å²) in [6, 6.07) is 10.7. The molecule has 0 saturated carbocycles. The van der Waals surface area contributed by atoms with E-state index in [-0.39, 0.29) is 18.2 Å². The molecule has 7 nitrogen and oxygen atoms in total. The van der Waals surface area contributed by atoms with Crippen molar-refractivity contribution in [2.75, 3.05) is 13.7 Å². The molecular formula is C18H16BrN3O4. The van der Waals surface area contributed by atoms with Crippen LogP contribution in [0.3, 0.4) is 0 Å². The monoisotopic (exact) mass is 417 g/mol. The number of azo groups is 1. The van der Waals surface area contributed by atoms with Gasteiger partial charge in [0.2, 0.25) is 5.88 Å². The number of hydrogen-bond acceptors (Lipinski definition) is 5. The van der Waals surface area contributed by atoms with Gasteiger partial charge in [0.25, 0.3) is 0 Å². The molecule has 0 radical (unpaired) electrons. The summed E-state index contributed by atoms with van der Waals surface area (Å²) in [5, 5.41) is 18.2. The number of ether oxygens (including phenoxy) is 2. The van der Waals surface area contributed by atoms with E-state index >= 15 is 0 Å². The van der Waals surface area contributed by atoms with Crippen LogP contribution in [-0.2, 0) is 4.79 Å². The second kappa shape index (κ2) is 7.57. The number of para-hydroxylation sites is 2. The maximum Gasteiger partial charge on any atom is 0.302 e. The standard InChI is InChI=1S/C18H16BrN3O4/c1-10-7-11(19)8-12-16(10)20-18(24)17(12)22-21-15(23)9-26-14-6-4-3-5-13(14)25-2/h3-8,20,24H,9H2,1-2H3. The van der Waals surface area contributed by atoms with Crippen LogP contribution < -0.4 is 9.47 Å². The molecule has 0 aliphatic carbocycles. The summed E-state index contributed by atoms with van der Waals surface area (Å²) in [5.41, 5.74) is 1.87. The zero-order valence-corrected chi connectivity index (χ0v) is 15.7. The maximum absolute atomic E-state index is 12.0. The number of carbonyl (C=O) groups is 1. The van der Waals surface area contributed by atoms with Gasteiger partial charge >= 0.3 is 5.91 Å². The molecule has 134 valence electrons. The van der Waals surface area contributed by atoms with Crippen molar-refractivity contribution < 1.29 is 19.4 Å². The van der Waals surface area contributed by atoms with E-state index in [1.54, 1.807) is 30.3 Å². The van der Waals surface area contributed by atoms with Gasteiger partial charge in [0, 0.05) is 9.86 Å². The first-order valence-electron chi connectivity index (χ1n) is 7.70. The molecule has 0 bridgehead atoms. The van der Waals surface area contributed by atoms with Gasteiger partial charge in [-0.15, -0.1) is 10.2 Å². The minimum absolute atomic E-state index is 0.150. The van der Waals surface area contributed by atoms with Crippen molar-refractivity contribution in [3.8, 4) is 17.4 Å². The fourth-order valence-electron chi connectivity index (χ4n) is 2.51. The van der Waals surface area contributed by atoms with Crippen molar-refractivity contribution in [3.63, 3.8) is 0 Å². The number of aryl methyl sites for hydroxylation is 1. The Morgan fingerprint density at radius 2 is 2.00 bits per heavy atom. The molecule has 26 heavy (non-hydrogen) atoms. The summed E-state index contributed by atoms with van der Waals surface area (Å²) in [7, 11) is 1.52. The van der Waals surface area contributed by atoms with E-state index in [4.69, 9.17) is 9.47 Å². The summed E-state index contributed by atoms with van der Waals surface area (Å²) < 4.78 is 11.4. The summed E-state index contributed by atoms with van der Waals surface area (Å²) in [4.78, 5) is 14.8. The zero-order valence-electron chi connectivity index (χ0n) is 14.1. The molecule has 0 unspecified atom stereocenters. The van der Waals surface area contributed by atoms with E-state index in [9.17, 15) is 9.90 Å². The van der Waals surface area contributed by atoms with Gasteiger partial charge in [-0.1, -0.05) is 28.1 Å². The summed E-state index contributed by atoms with van der Waals surface area (Å²) in [6.45, 7) is 1.60. The van der Waals surface area contributed by atoms with Crippen molar-refractivity contribution in [1.29, 1.82) is 0 Å². The molecule has 2 N–H and O–H groups in total. The Hall–Kier alpha value is -2.87. The van der Waals surface area contributed by atoms with E-state index in [1.807, 2.05) is 13.0 Å². The highest BCUT2D eigenvalue weighted by atomic mass is 79.9. The Balaban J connectivity index is 1.76. The normalized spacial score (nSPS) is 11.2. The number of carbonyl (C=O) groups excluding carboxylic acids is 1. The molecule has 0 spiro atoms. The third kappa shape index (κ3) is 3.70.